The lowest BCUT2D eigenvalue weighted by Crippen LogP contribution is -2.45. The van der Waals surface area contributed by atoms with Crippen molar-refractivity contribution in [1.29, 1.82) is 0 Å². The molecule has 1 heterocycles. The van der Waals surface area contributed by atoms with Crippen molar-refractivity contribution in [3.63, 3.8) is 0 Å². The van der Waals surface area contributed by atoms with E-state index in [0.717, 1.165) is 10.6 Å². The quantitative estimate of drug-likeness (QED) is 0.656. The molecule has 0 aromatic heterocycles. The SMILES string of the molecule is CC1CN(S(=O)(=O)CCSc2ccc(N)cc2)CC(C)S1. The fourth-order valence-corrected chi connectivity index (χ4v) is 6.73. The van der Waals surface area contributed by atoms with Crippen LogP contribution >= 0.6 is 23.5 Å². The van der Waals surface area contributed by atoms with Crippen LogP contribution in [0.4, 0.5) is 5.69 Å². The molecule has 0 spiro atoms. The molecule has 118 valence electrons. The molecule has 4 nitrogen and oxygen atoms in total. The highest BCUT2D eigenvalue weighted by Crippen LogP contribution is 2.27. The number of nitrogens with two attached hydrogens (primary N) is 1. The van der Waals surface area contributed by atoms with Gasteiger partial charge in [-0.15, -0.1) is 11.8 Å². The molecule has 0 amide bonds. The summed E-state index contributed by atoms with van der Waals surface area (Å²) in [6.07, 6.45) is 0. The lowest BCUT2D eigenvalue weighted by molar-refractivity contribution is 0.406. The average Bonchev–Trinajstić information content (AvgIpc) is 2.40. The number of nitrogen functional groups attached to an aromatic ring is 1. The minimum absolute atomic E-state index is 0.187. The number of benzene rings is 1. The second-order valence-corrected chi connectivity index (χ2v) is 10.4. The molecule has 1 aromatic rings. The summed E-state index contributed by atoms with van der Waals surface area (Å²) in [4.78, 5) is 1.05. The van der Waals surface area contributed by atoms with Gasteiger partial charge in [-0.05, 0) is 24.3 Å². The molecule has 1 saturated heterocycles. The van der Waals surface area contributed by atoms with E-state index in [-0.39, 0.29) is 5.75 Å². The summed E-state index contributed by atoms with van der Waals surface area (Å²) in [5.74, 6) is 0.755. The highest BCUT2D eigenvalue weighted by atomic mass is 32.2. The molecule has 0 radical (unpaired) electrons. The minimum atomic E-state index is -3.15. The van der Waals surface area contributed by atoms with Crippen LogP contribution in [-0.4, -0.2) is 47.8 Å². The largest absolute Gasteiger partial charge is 0.399 e. The van der Waals surface area contributed by atoms with Gasteiger partial charge >= 0.3 is 0 Å². The number of thioether (sulfide) groups is 2. The molecule has 1 aromatic carbocycles. The predicted molar refractivity (Wildman–Crippen MR) is 93.5 cm³/mol. The van der Waals surface area contributed by atoms with Gasteiger partial charge in [-0.2, -0.15) is 16.1 Å². The fraction of sp³-hybridized carbons (Fsp3) is 0.571. The summed E-state index contributed by atoms with van der Waals surface area (Å²) < 4.78 is 26.5. The first kappa shape index (κ1) is 17.0. The van der Waals surface area contributed by atoms with Crippen molar-refractivity contribution < 1.29 is 8.42 Å². The maximum absolute atomic E-state index is 12.4. The molecule has 2 N–H and O–H groups in total. The van der Waals surface area contributed by atoms with E-state index in [1.807, 2.05) is 36.0 Å². The standard InChI is InChI=1S/C14H22N2O2S3/c1-11-9-16(10-12(2)20-11)21(17,18)8-7-19-14-5-3-13(15)4-6-14/h3-6,11-12H,7-10,15H2,1-2H3. The Labute approximate surface area is 135 Å². The molecule has 0 bridgehead atoms. The maximum Gasteiger partial charge on any atom is 0.214 e. The predicted octanol–water partition coefficient (Wildman–Crippen LogP) is 2.52. The number of hydrogen-bond donors (Lipinski definition) is 1. The van der Waals surface area contributed by atoms with Gasteiger partial charge in [0.15, 0.2) is 0 Å². The van der Waals surface area contributed by atoms with Gasteiger partial charge in [0.05, 0.1) is 5.75 Å². The Morgan fingerprint density at radius 3 is 2.38 bits per heavy atom. The molecule has 21 heavy (non-hydrogen) atoms. The molecule has 2 rings (SSSR count). The van der Waals surface area contributed by atoms with E-state index in [1.165, 1.54) is 0 Å². The van der Waals surface area contributed by atoms with E-state index in [1.54, 1.807) is 16.1 Å². The highest BCUT2D eigenvalue weighted by molar-refractivity contribution is 8.01. The van der Waals surface area contributed by atoms with Crippen LogP contribution in [-0.2, 0) is 10.0 Å². The van der Waals surface area contributed by atoms with Gasteiger partial charge < -0.3 is 5.73 Å². The zero-order chi connectivity index (χ0) is 15.5. The van der Waals surface area contributed by atoms with Gasteiger partial charge in [-0.25, -0.2) is 8.42 Å². The van der Waals surface area contributed by atoms with E-state index >= 15 is 0 Å². The average molecular weight is 347 g/mol. The molecule has 2 atom stereocenters. The monoisotopic (exact) mass is 346 g/mol. The third-order valence-corrected chi connectivity index (χ3v) is 7.57. The van der Waals surface area contributed by atoms with Gasteiger partial charge in [0.1, 0.15) is 0 Å². The Morgan fingerprint density at radius 1 is 1.24 bits per heavy atom. The fourth-order valence-electron chi connectivity index (χ4n) is 2.32. The van der Waals surface area contributed by atoms with Crippen molar-refractivity contribution in [3.05, 3.63) is 24.3 Å². The Bertz CT molecular complexity index is 550. The Hall–Kier alpha value is -0.370. The van der Waals surface area contributed by atoms with Crippen LogP contribution in [0.5, 0.6) is 0 Å². The smallest absolute Gasteiger partial charge is 0.214 e. The van der Waals surface area contributed by atoms with E-state index < -0.39 is 10.0 Å². The number of rotatable bonds is 5. The second kappa shape index (κ2) is 7.26. The van der Waals surface area contributed by atoms with E-state index in [9.17, 15) is 8.42 Å². The molecule has 0 aliphatic carbocycles. The maximum atomic E-state index is 12.4. The summed E-state index contributed by atoms with van der Waals surface area (Å²) >= 11 is 3.41. The Morgan fingerprint density at radius 2 is 1.81 bits per heavy atom. The molecule has 2 unspecified atom stereocenters. The first-order valence-corrected chi connectivity index (χ1v) is 10.5. The van der Waals surface area contributed by atoms with Crippen molar-refractivity contribution in [2.75, 3.05) is 30.3 Å². The van der Waals surface area contributed by atoms with Gasteiger partial charge in [0.25, 0.3) is 0 Å². The number of nitrogens with zero attached hydrogens (tertiary/aromatic N) is 1. The minimum Gasteiger partial charge on any atom is -0.399 e. The summed E-state index contributed by atoms with van der Waals surface area (Å²) in [5.41, 5.74) is 6.36. The molecular weight excluding hydrogens is 324 g/mol. The van der Waals surface area contributed by atoms with Gasteiger partial charge in [0, 0.05) is 39.9 Å². The molecular formula is C14H22N2O2S3. The van der Waals surface area contributed by atoms with Gasteiger partial charge in [-0.3, -0.25) is 0 Å². The van der Waals surface area contributed by atoms with E-state index in [4.69, 9.17) is 5.73 Å². The molecule has 1 fully saturated rings. The molecule has 1 aliphatic rings. The van der Waals surface area contributed by atoms with Crippen molar-refractivity contribution in [3.8, 4) is 0 Å². The van der Waals surface area contributed by atoms with Gasteiger partial charge in [-0.1, -0.05) is 13.8 Å². The Balaban J connectivity index is 1.87. The van der Waals surface area contributed by atoms with Crippen LogP contribution in [0.3, 0.4) is 0 Å². The van der Waals surface area contributed by atoms with Crippen molar-refractivity contribution >= 4 is 39.2 Å². The first-order chi connectivity index (χ1) is 9.87. The zero-order valence-corrected chi connectivity index (χ0v) is 14.8. The lowest BCUT2D eigenvalue weighted by atomic mass is 10.3. The first-order valence-electron chi connectivity index (χ1n) is 6.98. The van der Waals surface area contributed by atoms with Crippen LogP contribution in [0.1, 0.15) is 13.8 Å². The van der Waals surface area contributed by atoms with Gasteiger partial charge in [0.2, 0.25) is 10.0 Å². The number of sulfonamides is 1. The summed E-state index contributed by atoms with van der Waals surface area (Å²) in [6, 6.07) is 7.52. The highest BCUT2D eigenvalue weighted by Gasteiger charge is 2.30. The topological polar surface area (TPSA) is 63.4 Å². The van der Waals surface area contributed by atoms with Crippen LogP contribution in [0.25, 0.3) is 0 Å². The van der Waals surface area contributed by atoms with Crippen LogP contribution in [0, 0.1) is 0 Å². The molecule has 0 saturated carbocycles. The van der Waals surface area contributed by atoms with Crippen LogP contribution in [0.2, 0.25) is 0 Å². The van der Waals surface area contributed by atoms with Crippen molar-refractivity contribution in [2.45, 2.75) is 29.2 Å². The molecule has 7 heteroatoms. The third kappa shape index (κ3) is 5.09. The zero-order valence-electron chi connectivity index (χ0n) is 12.4. The number of hydrogen-bond acceptors (Lipinski definition) is 5. The normalized spacial score (nSPS) is 24.1. The van der Waals surface area contributed by atoms with E-state index in [2.05, 4.69) is 13.8 Å². The lowest BCUT2D eigenvalue weighted by Gasteiger charge is -2.33. The second-order valence-electron chi connectivity index (χ2n) is 5.31. The summed E-state index contributed by atoms with van der Waals surface area (Å²) in [6.45, 7) is 5.44. The van der Waals surface area contributed by atoms with Crippen molar-refractivity contribution in [2.24, 2.45) is 0 Å². The number of anilines is 1. The third-order valence-electron chi connectivity index (χ3n) is 3.27. The van der Waals surface area contributed by atoms with Crippen molar-refractivity contribution in [1.82, 2.24) is 4.31 Å². The summed E-state index contributed by atoms with van der Waals surface area (Å²) in [7, 11) is -3.15. The van der Waals surface area contributed by atoms with Crippen LogP contribution in [0.15, 0.2) is 29.2 Å². The Kier molecular flexibility index (Phi) is 5.88. The molecule has 1 aliphatic heterocycles. The van der Waals surface area contributed by atoms with E-state index in [0.29, 0.717) is 29.3 Å². The summed E-state index contributed by atoms with van der Waals surface area (Å²) in [5, 5.41) is 0.738. The van der Waals surface area contributed by atoms with Crippen LogP contribution < -0.4 is 5.73 Å².